The van der Waals surface area contributed by atoms with Gasteiger partial charge in [0.2, 0.25) is 5.91 Å². The molecule has 180 valence electrons. The van der Waals surface area contributed by atoms with Gasteiger partial charge < -0.3 is 21.1 Å². The molecule has 1 fully saturated rings. The van der Waals surface area contributed by atoms with Crippen molar-refractivity contribution < 1.29 is 23.5 Å². The fourth-order valence-electron chi connectivity index (χ4n) is 3.85. The Morgan fingerprint density at radius 2 is 1.86 bits per heavy atom. The maximum absolute atomic E-state index is 15.0. The number of primary amides is 1. The lowest BCUT2D eigenvalue weighted by molar-refractivity contribution is -0.119. The summed E-state index contributed by atoms with van der Waals surface area (Å²) in [6, 6.07) is 18.9. The van der Waals surface area contributed by atoms with E-state index in [0.29, 0.717) is 34.6 Å². The van der Waals surface area contributed by atoms with Crippen LogP contribution in [0.3, 0.4) is 0 Å². The fraction of sp³-hybridized carbons (Fsp3) is 0.192. The molecule has 3 amide bonds. The molecule has 3 aromatic rings. The lowest BCUT2D eigenvalue weighted by atomic mass is 10.0. The Labute approximate surface area is 201 Å². The Bertz CT molecular complexity index is 1260. The van der Waals surface area contributed by atoms with E-state index in [1.807, 2.05) is 30.3 Å². The predicted molar refractivity (Wildman–Crippen MR) is 130 cm³/mol. The number of nitrogens with one attached hydrogen (secondary N) is 2. The highest BCUT2D eigenvalue weighted by atomic mass is 19.1. The standard InChI is InChI=1S/C26H25FN4O4/c1-16(32)29-14-20-15-31(26(34)35-20)19-10-11-21(23(27)12-19)18-8-6-17(7-9-18)13-30-24-5-3-2-4-22(24)25(28)33/h2-12,20,30H,13-15H2,1H3,(H2,28,33)(H,29,32)/t20-/m0/s1. The van der Waals surface area contributed by atoms with Crippen LogP contribution in [-0.2, 0) is 16.1 Å². The van der Waals surface area contributed by atoms with Crippen molar-refractivity contribution in [2.75, 3.05) is 23.3 Å². The van der Waals surface area contributed by atoms with Gasteiger partial charge in [0.15, 0.2) is 0 Å². The van der Waals surface area contributed by atoms with Gasteiger partial charge in [-0.15, -0.1) is 0 Å². The normalized spacial score (nSPS) is 15.0. The molecular weight excluding hydrogens is 451 g/mol. The fourth-order valence-corrected chi connectivity index (χ4v) is 3.85. The summed E-state index contributed by atoms with van der Waals surface area (Å²) in [5.41, 5.74) is 8.87. The van der Waals surface area contributed by atoms with Gasteiger partial charge in [-0.3, -0.25) is 14.5 Å². The largest absolute Gasteiger partial charge is 0.442 e. The lowest BCUT2D eigenvalue weighted by Gasteiger charge is -2.15. The van der Waals surface area contributed by atoms with Gasteiger partial charge >= 0.3 is 6.09 Å². The van der Waals surface area contributed by atoms with E-state index in [-0.39, 0.29) is 19.0 Å². The number of halogens is 1. The number of amides is 3. The SMILES string of the molecule is CC(=O)NC[C@H]1CN(c2ccc(-c3ccc(CNc4ccccc4C(N)=O)cc3)c(F)c2)C(=O)O1. The Morgan fingerprint density at radius 1 is 1.11 bits per heavy atom. The number of hydrogen-bond donors (Lipinski definition) is 3. The van der Waals surface area contributed by atoms with Crippen molar-refractivity contribution in [2.24, 2.45) is 5.73 Å². The topological polar surface area (TPSA) is 114 Å². The van der Waals surface area contributed by atoms with Crippen LogP contribution >= 0.6 is 0 Å². The number of rotatable bonds is 8. The molecule has 0 radical (unpaired) electrons. The molecule has 0 unspecified atom stereocenters. The third-order valence-corrected chi connectivity index (χ3v) is 5.66. The summed E-state index contributed by atoms with van der Waals surface area (Å²) in [4.78, 5) is 36.2. The molecule has 3 aromatic carbocycles. The highest BCUT2D eigenvalue weighted by Gasteiger charge is 2.32. The van der Waals surface area contributed by atoms with Crippen LogP contribution in [0.4, 0.5) is 20.6 Å². The average molecular weight is 477 g/mol. The monoisotopic (exact) mass is 476 g/mol. The van der Waals surface area contributed by atoms with Crippen LogP contribution in [0.25, 0.3) is 11.1 Å². The van der Waals surface area contributed by atoms with Crippen molar-refractivity contribution >= 4 is 29.3 Å². The van der Waals surface area contributed by atoms with E-state index < -0.39 is 23.9 Å². The van der Waals surface area contributed by atoms with Gasteiger partial charge in [0.05, 0.1) is 24.3 Å². The summed E-state index contributed by atoms with van der Waals surface area (Å²) in [5, 5.41) is 5.81. The summed E-state index contributed by atoms with van der Waals surface area (Å²) in [6.45, 7) is 2.27. The third kappa shape index (κ3) is 5.57. The molecule has 0 spiro atoms. The number of ether oxygens (including phenoxy) is 1. The quantitative estimate of drug-likeness (QED) is 0.459. The van der Waals surface area contributed by atoms with Crippen LogP contribution in [0.1, 0.15) is 22.8 Å². The van der Waals surface area contributed by atoms with Crippen LogP contribution in [0.5, 0.6) is 0 Å². The summed E-state index contributed by atoms with van der Waals surface area (Å²) < 4.78 is 20.2. The first-order valence-electron chi connectivity index (χ1n) is 11.1. The van der Waals surface area contributed by atoms with Gasteiger partial charge in [0.1, 0.15) is 11.9 Å². The van der Waals surface area contributed by atoms with Crippen molar-refractivity contribution in [3.8, 4) is 11.1 Å². The number of nitrogens with two attached hydrogens (primary N) is 1. The van der Waals surface area contributed by atoms with Gasteiger partial charge in [0, 0.05) is 24.7 Å². The van der Waals surface area contributed by atoms with Gasteiger partial charge in [-0.25, -0.2) is 9.18 Å². The zero-order valence-electron chi connectivity index (χ0n) is 19.1. The number of benzene rings is 3. The molecule has 1 atom stereocenters. The maximum atomic E-state index is 15.0. The van der Waals surface area contributed by atoms with Gasteiger partial charge in [-0.2, -0.15) is 0 Å². The molecule has 0 bridgehead atoms. The number of carbonyl (C=O) groups excluding carboxylic acids is 3. The number of para-hydroxylation sites is 1. The summed E-state index contributed by atoms with van der Waals surface area (Å²) in [6.07, 6.45) is -1.08. The molecule has 4 rings (SSSR count). The molecule has 8 nitrogen and oxygen atoms in total. The van der Waals surface area contributed by atoms with Crippen molar-refractivity contribution in [1.82, 2.24) is 5.32 Å². The summed E-state index contributed by atoms with van der Waals surface area (Å²) in [5.74, 6) is -1.19. The second-order valence-corrected chi connectivity index (χ2v) is 8.18. The molecule has 35 heavy (non-hydrogen) atoms. The van der Waals surface area contributed by atoms with E-state index in [1.54, 1.807) is 30.3 Å². The van der Waals surface area contributed by atoms with Gasteiger partial charge in [-0.1, -0.05) is 36.4 Å². The van der Waals surface area contributed by atoms with E-state index in [2.05, 4.69) is 10.6 Å². The third-order valence-electron chi connectivity index (χ3n) is 5.66. The lowest BCUT2D eigenvalue weighted by Crippen LogP contribution is -2.33. The Balaban J connectivity index is 1.42. The Morgan fingerprint density at radius 3 is 2.54 bits per heavy atom. The van der Waals surface area contributed by atoms with Crippen molar-refractivity contribution in [3.63, 3.8) is 0 Å². The molecule has 0 aromatic heterocycles. The minimum atomic E-state index is -0.581. The molecule has 9 heteroatoms. The molecule has 0 saturated carbocycles. The highest BCUT2D eigenvalue weighted by Crippen LogP contribution is 2.29. The van der Waals surface area contributed by atoms with Crippen molar-refractivity contribution in [3.05, 3.63) is 83.7 Å². The van der Waals surface area contributed by atoms with Crippen LogP contribution in [0.15, 0.2) is 66.7 Å². The molecular formula is C26H25FN4O4. The van der Waals surface area contributed by atoms with E-state index >= 15 is 0 Å². The summed E-state index contributed by atoms with van der Waals surface area (Å²) in [7, 11) is 0. The van der Waals surface area contributed by atoms with E-state index in [0.717, 1.165) is 5.56 Å². The Kier molecular flexibility index (Phi) is 6.96. The number of anilines is 2. The number of nitrogens with zero attached hydrogens (tertiary/aromatic N) is 1. The number of cyclic esters (lactones) is 1. The van der Waals surface area contributed by atoms with E-state index in [4.69, 9.17) is 10.5 Å². The molecule has 1 aliphatic heterocycles. The smallest absolute Gasteiger partial charge is 0.414 e. The first-order valence-corrected chi connectivity index (χ1v) is 11.1. The van der Waals surface area contributed by atoms with Crippen molar-refractivity contribution in [2.45, 2.75) is 19.6 Å². The molecule has 1 aliphatic rings. The van der Waals surface area contributed by atoms with Crippen LogP contribution in [-0.4, -0.2) is 37.1 Å². The minimum Gasteiger partial charge on any atom is -0.442 e. The Hall–Kier alpha value is -4.40. The molecule has 1 heterocycles. The van der Waals surface area contributed by atoms with Gasteiger partial charge in [-0.05, 0) is 41.5 Å². The van der Waals surface area contributed by atoms with Crippen LogP contribution in [0.2, 0.25) is 0 Å². The van der Waals surface area contributed by atoms with Gasteiger partial charge in [0.25, 0.3) is 5.91 Å². The highest BCUT2D eigenvalue weighted by molar-refractivity contribution is 5.98. The minimum absolute atomic E-state index is 0.202. The zero-order valence-corrected chi connectivity index (χ0v) is 19.1. The molecule has 1 saturated heterocycles. The molecule has 4 N–H and O–H groups in total. The number of hydrogen-bond acceptors (Lipinski definition) is 5. The molecule has 0 aliphatic carbocycles. The number of carbonyl (C=O) groups is 3. The van der Waals surface area contributed by atoms with E-state index in [9.17, 15) is 18.8 Å². The van der Waals surface area contributed by atoms with Crippen molar-refractivity contribution in [1.29, 1.82) is 0 Å². The second kappa shape index (κ2) is 10.3. The average Bonchev–Trinajstić information content (AvgIpc) is 3.22. The first kappa shape index (κ1) is 23.7. The first-order chi connectivity index (χ1) is 16.8. The van der Waals surface area contributed by atoms with Crippen LogP contribution in [0, 0.1) is 5.82 Å². The van der Waals surface area contributed by atoms with Crippen LogP contribution < -0.4 is 21.3 Å². The van der Waals surface area contributed by atoms with E-state index in [1.165, 1.54) is 17.9 Å². The zero-order chi connectivity index (χ0) is 24.9. The second-order valence-electron chi connectivity index (χ2n) is 8.18. The maximum Gasteiger partial charge on any atom is 0.414 e. The summed E-state index contributed by atoms with van der Waals surface area (Å²) >= 11 is 0. The predicted octanol–water partition coefficient (Wildman–Crippen LogP) is 3.67.